The Morgan fingerprint density at radius 3 is 2.54 bits per heavy atom. The maximum Gasteiger partial charge on any atom is 0.248 e. The van der Waals surface area contributed by atoms with Crippen LogP contribution in [-0.4, -0.2) is 45.1 Å². The van der Waals surface area contributed by atoms with Crippen LogP contribution in [0.3, 0.4) is 0 Å². The summed E-state index contributed by atoms with van der Waals surface area (Å²) in [6.07, 6.45) is 0. The molecule has 0 spiro atoms. The third kappa shape index (κ3) is 6.29. The fraction of sp³-hybridized carbons (Fsp3) is 0.300. The lowest BCUT2D eigenvalue weighted by Gasteiger charge is -2.23. The first-order valence-electron chi connectivity index (χ1n) is 8.50. The molecule has 0 atom stereocenters. The predicted molar refractivity (Wildman–Crippen MR) is 122 cm³/mol. The van der Waals surface area contributed by atoms with Crippen molar-refractivity contribution in [3.8, 4) is 11.5 Å². The number of methoxy groups -OCH3 is 2. The molecule has 0 fully saturated rings. The molecule has 2 aromatic carbocycles. The summed E-state index contributed by atoms with van der Waals surface area (Å²) in [7, 11) is 6.93. The van der Waals surface area contributed by atoms with Gasteiger partial charge in [-0.25, -0.2) is 0 Å². The Labute approximate surface area is 182 Å². The van der Waals surface area contributed by atoms with Crippen LogP contribution in [0.1, 0.15) is 21.5 Å². The molecule has 1 amide bonds. The highest BCUT2D eigenvalue weighted by atomic mass is 127. The number of hydrogen-bond donors (Lipinski definition) is 2. The van der Waals surface area contributed by atoms with Gasteiger partial charge in [0.1, 0.15) is 11.5 Å². The van der Waals surface area contributed by atoms with E-state index in [1.54, 1.807) is 33.4 Å². The topological polar surface area (TPSA) is 89.2 Å². The molecule has 3 N–H and O–H groups in total. The van der Waals surface area contributed by atoms with E-state index in [9.17, 15) is 4.79 Å². The third-order valence-corrected chi connectivity index (χ3v) is 4.14. The maximum absolute atomic E-state index is 11.3. The van der Waals surface area contributed by atoms with Gasteiger partial charge in [0, 0.05) is 44.4 Å². The van der Waals surface area contributed by atoms with Crippen LogP contribution in [0.15, 0.2) is 47.5 Å². The van der Waals surface area contributed by atoms with Gasteiger partial charge < -0.3 is 25.4 Å². The first-order valence-corrected chi connectivity index (χ1v) is 8.50. The monoisotopic (exact) mass is 498 g/mol. The van der Waals surface area contributed by atoms with Crippen molar-refractivity contribution >= 4 is 35.8 Å². The van der Waals surface area contributed by atoms with Crippen LogP contribution in [0, 0.1) is 0 Å². The Hall–Kier alpha value is -2.49. The number of benzene rings is 2. The molecule has 0 aliphatic carbocycles. The molecular weight excluding hydrogens is 471 g/mol. The average molecular weight is 498 g/mol. The minimum atomic E-state index is -0.440. The van der Waals surface area contributed by atoms with Crippen molar-refractivity contribution in [2.45, 2.75) is 13.1 Å². The molecule has 0 unspecified atom stereocenters. The molecule has 152 valence electrons. The van der Waals surface area contributed by atoms with Crippen molar-refractivity contribution in [2.75, 3.05) is 28.3 Å². The maximum atomic E-state index is 11.3. The molecule has 28 heavy (non-hydrogen) atoms. The van der Waals surface area contributed by atoms with Gasteiger partial charge in [0.25, 0.3) is 0 Å². The quantitative estimate of drug-likeness (QED) is 0.348. The van der Waals surface area contributed by atoms with Crippen LogP contribution in [-0.2, 0) is 13.1 Å². The van der Waals surface area contributed by atoms with Crippen molar-refractivity contribution < 1.29 is 14.3 Å². The Morgan fingerprint density at radius 1 is 1.18 bits per heavy atom. The smallest absolute Gasteiger partial charge is 0.248 e. The van der Waals surface area contributed by atoms with Crippen molar-refractivity contribution in [1.29, 1.82) is 0 Å². The molecule has 0 aromatic heterocycles. The van der Waals surface area contributed by atoms with Crippen LogP contribution in [0.5, 0.6) is 11.5 Å². The molecule has 7 nitrogen and oxygen atoms in total. The Morgan fingerprint density at radius 2 is 1.93 bits per heavy atom. The largest absolute Gasteiger partial charge is 0.497 e. The minimum absolute atomic E-state index is 0. The summed E-state index contributed by atoms with van der Waals surface area (Å²) in [4.78, 5) is 17.6. The number of nitrogens with two attached hydrogens (primary N) is 1. The lowest BCUT2D eigenvalue weighted by molar-refractivity contribution is 0.1000. The van der Waals surface area contributed by atoms with E-state index >= 15 is 0 Å². The lowest BCUT2D eigenvalue weighted by atomic mass is 10.1. The van der Waals surface area contributed by atoms with E-state index in [2.05, 4.69) is 10.3 Å². The number of aliphatic imine (C=N–C) groups is 1. The highest BCUT2D eigenvalue weighted by molar-refractivity contribution is 14.0. The number of rotatable bonds is 7. The second-order valence-electron chi connectivity index (χ2n) is 6.00. The van der Waals surface area contributed by atoms with Crippen LogP contribution < -0.4 is 20.5 Å². The molecule has 0 bridgehead atoms. The van der Waals surface area contributed by atoms with Gasteiger partial charge in [-0.1, -0.05) is 12.1 Å². The van der Waals surface area contributed by atoms with Gasteiger partial charge in [-0.15, -0.1) is 24.0 Å². The summed E-state index contributed by atoms with van der Waals surface area (Å²) in [6, 6.07) is 12.9. The van der Waals surface area contributed by atoms with Crippen LogP contribution in [0.4, 0.5) is 0 Å². The minimum Gasteiger partial charge on any atom is -0.497 e. The predicted octanol–water partition coefficient (Wildman–Crippen LogP) is 2.63. The van der Waals surface area contributed by atoms with Gasteiger partial charge in [0.15, 0.2) is 5.96 Å². The Balaban J connectivity index is 0.00000392. The number of carbonyl (C=O) groups excluding carboxylic acids is 1. The Kier molecular flexibility index (Phi) is 9.57. The molecule has 0 aliphatic rings. The summed E-state index contributed by atoms with van der Waals surface area (Å²) < 4.78 is 10.7. The Bertz CT molecular complexity index is 827. The molecule has 0 aliphatic heterocycles. The third-order valence-electron chi connectivity index (χ3n) is 4.14. The molecule has 0 heterocycles. The van der Waals surface area contributed by atoms with E-state index in [1.165, 1.54) is 0 Å². The van der Waals surface area contributed by atoms with Crippen LogP contribution in [0.25, 0.3) is 0 Å². The van der Waals surface area contributed by atoms with E-state index in [4.69, 9.17) is 15.2 Å². The van der Waals surface area contributed by atoms with Crippen molar-refractivity contribution in [2.24, 2.45) is 10.7 Å². The van der Waals surface area contributed by atoms with Crippen LogP contribution in [0.2, 0.25) is 0 Å². The normalized spacial score (nSPS) is 10.6. The zero-order chi connectivity index (χ0) is 19.8. The number of ether oxygens (including phenoxy) is 2. The van der Waals surface area contributed by atoms with Crippen LogP contribution >= 0.6 is 24.0 Å². The number of nitrogens with zero attached hydrogens (tertiary/aromatic N) is 2. The number of amides is 1. The van der Waals surface area contributed by atoms with E-state index in [0.29, 0.717) is 18.7 Å². The van der Waals surface area contributed by atoms with E-state index in [0.717, 1.165) is 28.6 Å². The van der Waals surface area contributed by atoms with Gasteiger partial charge in [-0.05, 0) is 29.8 Å². The van der Waals surface area contributed by atoms with Gasteiger partial charge in [-0.2, -0.15) is 0 Å². The highest BCUT2D eigenvalue weighted by Gasteiger charge is 2.11. The number of halogens is 1. The number of hydrogen-bond acceptors (Lipinski definition) is 4. The van der Waals surface area contributed by atoms with Crippen molar-refractivity contribution in [3.05, 3.63) is 59.2 Å². The number of guanidine groups is 1. The van der Waals surface area contributed by atoms with E-state index in [1.807, 2.05) is 42.3 Å². The molecule has 0 radical (unpaired) electrons. The second kappa shape index (κ2) is 11.4. The van der Waals surface area contributed by atoms with Gasteiger partial charge in [0.05, 0.1) is 14.2 Å². The second-order valence-corrected chi connectivity index (χ2v) is 6.00. The SMILES string of the molecule is CN=C(NCc1cccc(C(N)=O)c1)N(C)Cc1ccc(OC)cc1OC.I. The lowest BCUT2D eigenvalue weighted by Crippen LogP contribution is -2.38. The summed E-state index contributed by atoms with van der Waals surface area (Å²) in [5.74, 6) is 1.78. The zero-order valence-electron chi connectivity index (χ0n) is 16.6. The first kappa shape index (κ1) is 23.5. The fourth-order valence-electron chi connectivity index (χ4n) is 2.71. The molecule has 2 aromatic rings. The summed E-state index contributed by atoms with van der Waals surface area (Å²) in [6.45, 7) is 1.13. The molecule has 8 heteroatoms. The molecular formula is C20H27IN4O3. The molecule has 2 rings (SSSR count). The fourth-order valence-corrected chi connectivity index (χ4v) is 2.71. The van der Waals surface area contributed by atoms with Crippen molar-refractivity contribution in [1.82, 2.24) is 10.2 Å². The van der Waals surface area contributed by atoms with Gasteiger partial charge >= 0.3 is 0 Å². The molecule has 0 saturated carbocycles. The number of carbonyl (C=O) groups is 1. The zero-order valence-corrected chi connectivity index (χ0v) is 18.9. The summed E-state index contributed by atoms with van der Waals surface area (Å²) in [5, 5.41) is 3.29. The van der Waals surface area contributed by atoms with Gasteiger partial charge in [0.2, 0.25) is 5.91 Å². The first-order chi connectivity index (χ1) is 13.0. The van der Waals surface area contributed by atoms with Crippen molar-refractivity contribution in [3.63, 3.8) is 0 Å². The van der Waals surface area contributed by atoms with Gasteiger partial charge in [-0.3, -0.25) is 9.79 Å². The summed E-state index contributed by atoms with van der Waals surface area (Å²) in [5.41, 5.74) is 7.78. The van der Waals surface area contributed by atoms with E-state index in [-0.39, 0.29) is 24.0 Å². The highest BCUT2D eigenvalue weighted by Crippen LogP contribution is 2.25. The number of primary amides is 1. The number of nitrogens with one attached hydrogen (secondary N) is 1. The average Bonchev–Trinajstić information content (AvgIpc) is 2.68. The molecule has 0 saturated heterocycles. The van der Waals surface area contributed by atoms with E-state index < -0.39 is 5.91 Å². The standard InChI is InChI=1S/C20H26N4O3.HI/c1-22-20(23-12-14-6-5-7-15(10-14)19(21)25)24(2)13-16-8-9-17(26-3)11-18(16)27-4;/h5-11H,12-13H2,1-4H3,(H2,21,25)(H,22,23);1H. The summed E-state index contributed by atoms with van der Waals surface area (Å²) >= 11 is 0.